The average Bonchev–Trinajstić information content (AvgIpc) is 3.64. The number of alkyl halides is 2. The molecule has 1 aliphatic rings. The van der Waals surface area contributed by atoms with Crippen molar-refractivity contribution in [1.82, 2.24) is 4.98 Å². The summed E-state index contributed by atoms with van der Waals surface area (Å²) < 4.78 is 30.5. The zero-order valence-corrected chi connectivity index (χ0v) is 22.2. The van der Waals surface area contributed by atoms with Gasteiger partial charge in [0, 0.05) is 28.6 Å². The fraction of sp³-hybridized carbons (Fsp3) is 0.241. The number of imidazole rings is 1. The summed E-state index contributed by atoms with van der Waals surface area (Å²) in [5, 5.41) is 15.9. The van der Waals surface area contributed by atoms with E-state index in [9.17, 15) is 18.8 Å². The molecule has 1 amide bonds. The van der Waals surface area contributed by atoms with Crippen molar-refractivity contribution >= 4 is 27.5 Å². The smallest absolute Gasteiger partial charge is 0.300 e. The number of aromatic amines is 1. The summed E-state index contributed by atoms with van der Waals surface area (Å²) in [4.78, 5) is 16.1. The summed E-state index contributed by atoms with van der Waals surface area (Å²) in [7, 11) is 0. The molecule has 0 atom stereocenters. The molecule has 1 fully saturated rings. The second-order valence-corrected chi connectivity index (χ2v) is 10.6. The first-order valence-corrected chi connectivity index (χ1v) is 12.8. The zero-order valence-electron chi connectivity index (χ0n) is 20.7. The first-order valence-electron chi connectivity index (χ1n) is 12.1. The van der Waals surface area contributed by atoms with E-state index in [0.29, 0.717) is 28.8 Å². The van der Waals surface area contributed by atoms with E-state index in [1.807, 2.05) is 50.2 Å². The molecular formula is C29H26BrF2N3O2. The standard InChI is InChI=1S/C29H26BrF2N3O2/c1-16-6-4-7-17(2)25(16)19-12-20(14-23(30)13-19)27-33-18(3)26(35(27)37)28(36)34-24-9-5-8-22(15-24)29(31,32)21-10-11-21/h4-9,12-15,21,33H,10-11H2,1-3H3,(H,34,36). The Balaban J connectivity index is 1.47. The van der Waals surface area contributed by atoms with Gasteiger partial charge in [-0.25, -0.2) is 18.5 Å². The van der Waals surface area contributed by atoms with Crippen LogP contribution in [0.15, 0.2) is 65.1 Å². The van der Waals surface area contributed by atoms with Crippen molar-refractivity contribution in [2.75, 3.05) is 5.32 Å². The summed E-state index contributed by atoms with van der Waals surface area (Å²) in [5.74, 6) is -4.06. The van der Waals surface area contributed by atoms with E-state index in [1.54, 1.807) is 6.92 Å². The molecule has 4 aromatic rings. The van der Waals surface area contributed by atoms with E-state index in [1.165, 1.54) is 24.3 Å². The molecule has 3 aromatic carbocycles. The van der Waals surface area contributed by atoms with Crippen molar-refractivity contribution < 1.29 is 18.3 Å². The van der Waals surface area contributed by atoms with Crippen LogP contribution < -0.4 is 10.0 Å². The minimum atomic E-state index is -2.94. The highest BCUT2D eigenvalue weighted by molar-refractivity contribution is 9.10. The van der Waals surface area contributed by atoms with Crippen LogP contribution in [-0.2, 0) is 5.92 Å². The third-order valence-corrected chi connectivity index (χ3v) is 7.28. The van der Waals surface area contributed by atoms with Crippen LogP contribution in [0.2, 0.25) is 0 Å². The molecule has 8 heteroatoms. The number of aryl methyl sites for hydroxylation is 3. The number of hydrogen-bond acceptors (Lipinski definition) is 2. The Morgan fingerprint density at radius 1 is 1.03 bits per heavy atom. The van der Waals surface area contributed by atoms with Crippen LogP contribution in [0.1, 0.15) is 45.7 Å². The van der Waals surface area contributed by atoms with Gasteiger partial charge in [0.1, 0.15) is 0 Å². The van der Waals surface area contributed by atoms with Gasteiger partial charge in [0.2, 0.25) is 5.69 Å². The highest BCUT2D eigenvalue weighted by atomic mass is 79.9. The van der Waals surface area contributed by atoms with E-state index in [4.69, 9.17) is 0 Å². The lowest BCUT2D eigenvalue weighted by molar-refractivity contribution is -0.594. The summed E-state index contributed by atoms with van der Waals surface area (Å²) in [5.41, 5.74) is 5.16. The molecule has 37 heavy (non-hydrogen) atoms. The van der Waals surface area contributed by atoms with Crippen molar-refractivity contribution in [1.29, 1.82) is 0 Å². The Morgan fingerprint density at radius 3 is 2.35 bits per heavy atom. The predicted molar refractivity (Wildman–Crippen MR) is 144 cm³/mol. The number of hydrogen-bond donors (Lipinski definition) is 2. The second kappa shape index (κ2) is 9.41. The highest BCUT2D eigenvalue weighted by Crippen LogP contribution is 2.49. The van der Waals surface area contributed by atoms with Gasteiger partial charge in [-0.3, -0.25) is 4.79 Å². The predicted octanol–water partition coefficient (Wildman–Crippen LogP) is 7.42. The van der Waals surface area contributed by atoms with Gasteiger partial charge in [-0.2, -0.15) is 0 Å². The van der Waals surface area contributed by atoms with Crippen LogP contribution in [0, 0.1) is 31.9 Å². The van der Waals surface area contributed by atoms with Gasteiger partial charge in [-0.05, 0) is 79.3 Å². The van der Waals surface area contributed by atoms with Crippen LogP contribution in [0.4, 0.5) is 14.5 Å². The van der Waals surface area contributed by atoms with E-state index in [0.717, 1.165) is 26.7 Å². The normalized spacial score (nSPS) is 13.6. The highest BCUT2D eigenvalue weighted by Gasteiger charge is 2.48. The Kier molecular flexibility index (Phi) is 6.40. The molecule has 0 spiro atoms. The van der Waals surface area contributed by atoms with Gasteiger partial charge in [-0.1, -0.05) is 46.3 Å². The molecule has 1 aromatic heterocycles. The Hall–Kier alpha value is -3.52. The average molecular weight is 566 g/mol. The van der Waals surface area contributed by atoms with E-state index < -0.39 is 17.7 Å². The van der Waals surface area contributed by atoms with Gasteiger partial charge in [0.25, 0.3) is 17.7 Å². The van der Waals surface area contributed by atoms with Gasteiger partial charge < -0.3 is 10.5 Å². The van der Waals surface area contributed by atoms with E-state index in [2.05, 4.69) is 26.2 Å². The number of benzene rings is 3. The number of halogens is 3. The van der Waals surface area contributed by atoms with Crippen molar-refractivity contribution in [3.8, 4) is 22.5 Å². The Bertz CT molecular complexity index is 1510. The van der Waals surface area contributed by atoms with Crippen LogP contribution in [0.3, 0.4) is 0 Å². The lowest BCUT2D eigenvalue weighted by atomic mass is 9.94. The number of rotatable bonds is 6. The second-order valence-electron chi connectivity index (χ2n) is 9.67. The molecule has 0 bridgehead atoms. The maximum Gasteiger partial charge on any atom is 0.300 e. The van der Waals surface area contributed by atoms with E-state index in [-0.39, 0.29) is 22.8 Å². The molecule has 0 aliphatic heterocycles. The molecule has 1 aliphatic carbocycles. The Labute approximate surface area is 222 Å². The molecule has 1 saturated carbocycles. The molecule has 0 unspecified atom stereocenters. The molecule has 0 radical (unpaired) electrons. The third-order valence-electron chi connectivity index (χ3n) is 6.82. The minimum Gasteiger partial charge on any atom is -0.710 e. The topological polar surface area (TPSA) is 71.8 Å². The van der Waals surface area contributed by atoms with Crippen molar-refractivity contribution in [3.05, 3.63) is 98.4 Å². The van der Waals surface area contributed by atoms with Crippen LogP contribution in [0.25, 0.3) is 22.5 Å². The Morgan fingerprint density at radius 2 is 1.68 bits per heavy atom. The van der Waals surface area contributed by atoms with Crippen LogP contribution >= 0.6 is 15.9 Å². The maximum absolute atomic E-state index is 14.6. The molecular weight excluding hydrogens is 540 g/mol. The van der Waals surface area contributed by atoms with Gasteiger partial charge in [0.05, 0.1) is 5.56 Å². The molecule has 2 N–H and O–H groups in total. The first kappa shape index (κ1) is 25.1. The van der Waals surface area contributed by atoms with Crippen molar-refractivity contribution in [3.63, 3.8) is 0 Å². The summed E-state index contributed by atoms with van der Waals surface area (Å²) in [6.07, 6.45) is 0.984. The molecule has 1 heterocycles. The van der Waals surface area contributed by atoms with E-state index >= 15 is 0 Å². The number of amides is 1. The minimum absolute atomic E-state index is 0.122. The van der Waals surface area contributed by atoms with Gasteiger partial charge in [-0.15, -0.1) is 0 Å². The van der Waals surface area contributed by atoms with Crippen LogP contribution in [0.5, 0.6) is 0 Å². The molecule has 0 saturated heterocycles. The van der Waals surface area contributed by atoms with Crippen LogP contribution in [-0.4, -0.2) is 10.9 Å². The lowest BCUT2D eigenvalue weighted by Gasteiger charge is -2.17. The molecule has 5 rings (SSSR count). The monoisotopic (exact) mass is 565 g/mol. The van der Waals surface area contributed by atoms with Crippen molar-refractivity contribution in [2.45, 2.75) is 39.5 Å². The largest absolute Gasteiger partial charge is 0.710 e. The number of nitrogens with one attached hydrogen (secondary N) is 2. The summed E-state index contributed by atoms with van der Waals surface area (Å²) in [6, 6.07) is 17.4. The molecule has 5 nitrogen and oxygen atoms in total. The third kappa shape index (κ3) is 4.78. The number of aromatic nitrogens is 2. The van der Waals surface area contributed by atoms with Gasteiger partial charge in [0.15, 0.2) is 5.69 Å². The number of anilines is 1. The zero-order chi connectivity index (χ0) is 26.5. The van der Waals surface area contributed by atoms with Gasteiger partial charge >= 0.3 is 0 Å². The summed E-state index contributed by atoms with van der Waals surface area (Å²) >= 11 is 3.55. The maximum atomic E-state index is 14.6. The lowest BCUT2D eigenvalue weighted by Crippen LogP contribution is -2.36. The SMILES string of the molecule is Cc1cccc(C)c1-c1cc(Br)cc(-c2[nH]c(C)c(C(=O)Nc3cccc(C(F)(F)C4CC4)c3)[n+]2[O-])c1. The molecule has 190 valence electrons. The summed E-state index contributed by atoms with van der Waals surface area (Å²) in [6.45, 7) is 5.70. The number of H-pyrrole nitrogens is 1. The first-order chi connectivity index (χ1) is 17.6. The van der Waals surface area contributed by atoms with Crippen molar-refractivity contribution in [2.24, 2.45) is 5.92 Å². The fourth-order valence-electron chi connectivity index (χ4n) is 4.82. The number of carbonyl (C=O) groups excluding carboxylic acids is 1. The number of carbonyl (C=O) groups is 1. The fourth-order valence-corrected chi connectivity index (χ4v) is 5.31. The number of nitrogens with zero attached hydrogens (tertiary/aromatic N) is 1. The quantitative estimate of drug-likeness (QED) is 0.188.